The Morgan fingerprint density at radius 2 is 1.44 bits per heavy atom. The molecule has 3 aromatic rings. The maximum atomic E-state index is 6.04. The minimum atomic E-state index is 0. The number of rotatable bonds is 6. The number of fused-ring (bicyclic) bond motifs is 1. The third-order valence-electron chi connectivity index (χ3n) is 7.26. The zero-order chi connectivity index (χ0) is 21.0. The minimum Gasteiger partial charge on any atom is -0.376 e. The zero-order valence-corrected chi connectivity index (χ0v) is 19.8. The van der Waals surface area contributed by atoms with Gasteiger partial charge in [-0.05, 0) is 91.0 Å². The van der Waals surface area contributed by atoms with Gasteiger partial charge in [-0.15, -0.1) is 12.4 Å². The van der Waals surface area contributed by atoms with Gasteiger partial charge < -0.3 is 9.64 Å². The van der Waals surface area contributed by atoms with Gasteiger partial charge in [-0.3, -0.25) is 0 Å². The van der Waals surface area contributed by atoms with E-state index in [1.54, 1.807) is 0 Å². The number of ether oxygens (including phenoxy) is 1. The molecule has 1 saturated heterocycles. The molecule has 2 nitrogen and oxygen atoms in total. The van der Waals surface area contributed by atoms with E-state index in [9.17, 15) is 0 Å². The van der Waals surface area contributed by atoms with Crippen molar-refractivity contribution in [3.05, 3.63) is 83.9 Å². The van der Waals surface area contributed by atoms with Crippen LogP contribution in [-0.4, -0.2) is 31.6 Å². The molecule has 0 radical (unpaired) electrons. The van der Waals surface area contributed by atoms with Crippen LogP contribution in [0.15, 0.2) is 72.8 Å². The van der Waals surface area contributed by atoms with Crippen molar-refractivity contribution in [1.29, 1.82) is 0 Å². The van der Waals surface area contributed by atoms with Gasteiger partial charge in [0, 0.05) is 7.11 Å². The Morgan fingerprint density at radius 3 is 2.12 bits per heavy atom. The van der Waals surface area contributed by atoms with Crippen molar-refractivity contribution in [3.63, 3.8) is 0 Å². The lowest BCUT2D eigenvalue weighted by Crippen LogP contribution is -2.28. The van der Waals surface area contributed by atoms with Crippen LogP contribution in [-0.2, 0) is 11.2 Å². The van der Waals surface area contributed by atoms with Crippen LogP contribution in [0.1, 0.15) is 42.9 Å². The van der Waals surface area contributed by atoms with Crippen LogP contribution in [0, 0.1) is 5.92 Å². The molecule has 3 heteroatoms. The number of benzene rings is 3. The smallest absolute Gasteiger partial charge is 0.0852 e. The van der Waals surface area contributed by atoms with Crippen LogP contribution in [0.5, 0.6) is 0 Å². The molecule has 0 spiro atoms. The third-order valence-corrected chi connectivity index (χ3v) is 7.26. The van der Waals surface area contributed by atoms with E-state index in [2.05, 4.69) is 77.7 Å². The van der Waals surface area contributed by atoms with E-state index >= 15 is 0 Å². The number of hydrogen-bond acceptors (Lipinski definition) is 2. The second-order valence-corrected chi connectivity index (χ2v) is 9.15. The van der Waals surface area contributed by atoms with Crippen molar-refractivity contribution in [2.45, 2.75) is 38.2 Å². The van der Waals surface area contributed by atoms with Crippen molar-refractivity contribution in [2.75, 3.05) is 26.7 Å². The molecule has 0 aromatic heterocycles. The maximum Gasteiger partial charge on any atom is 0.0852 e. The molecule has 2 aliphatic rings. The second-order valence-electron chi connectivity index (χ2n) is 9.15. The van der Waals surface area contributed by atoms with Gasteiger partial charge in [0.05, 0.1) is 6.10 Å². The van der Waals surface area contributed by atoms with Crippen LogP contribution in [0.4, 0.5) is 0 Å². The van der Waals surface area contributed by atoms with E-state index < -0.39 is 0 Å². The highest BCUT2D eigenvalue weighted by atomic mass is 35.5. The molecule has 1 aliphatic carbocycles. The van der Waals surface area contributed by atoms with Crippen LogP contribution in [0.3, 0.4) is 0 Å². The molecule has 1 heterocycles. The summed E-state index contributed by atoms with van der Waals surface area (Å²) in [5.41, 5.74) is 8.00. The molecule has 0 saturated carbocycles. The van der Waals surface area contributed by atoms with Gasteiger partial charge in [0.1, 0.15) is 0 Å². The average molecular weight is 448 g/mol. The molecular weight excluding hydrogens is 414 g/mol. The molecule has 1 fully saturated rings. The maximum absolute atomic E-state index is 6.04. The summed E-state index contributed by atoms with van der Waals surface area (Å²) in [4.78, 5) is 2.63. The fourth-order valence-corrected chi connectivity index (χ4v) is 5.48. The molecule has 168 valence electrons. The van der Waals surface area contributed by atoms with E-state index in [-0.39, 0.29) is 18.5 Å². The van der Waals surface area contributed by atoms with Crippen LogP contribution < -0.4 is 0 Å². The molecule has 0 N–H and O–H groups in total. The Balaban J connectivity index is 0.00000245. The first-order valence-corrected chi connectivity index (χ1v) is 11.9. The minimum absolute atomic E-state index is 0. The summed E-state index contributed by atoms with van der Waals surface area (Å²) >= 11 is 0. The largest absolute Gasteiger partial charge is 0.376 e. The lowest BCUT2D eigenvalue weighted by molar-refractivity contribution is 0.0334. The lowest BCUT2D eigenvalue weighted by Gasteiger charge is -2.34. The van der Waals surface area contributed by atoms with Crippen molar-refractivity contribution in [1.82, 2.24) is 4.90 Å². The molecule has 1 aliphatic heterocycles. The first-order valence-electron chi connectivity index (χ1n) is 11.9. The molecule has 0 amide bonds. The zero-order valence-electron chi connectivity index (χ0n) is 19.0. The molecule has 3 aromatic carbocycles. The quantitative estimate of drug-likeness (QED) is 0.396. The third kappa shape index (κ3) is 4.93. The number of aryl methyl sites for hydroxylation is 1. The fraction of sp³-hybridized carbons (Fsp3) is 0.379. The van der Waals surface area contributed by atoms with Gasteiger partial charge in [-0.2, -0.15) is 0 Å². The number of hydrogen-bond donors (Lipinski definition) is 0. The van der Waals surface area contributed by atoms with Gasteiger partial charge >= 0.3 is 0 Å². The summed E-state index contributed by atoms with van der Waals surface area (Å²) in [6.07, 6.45) is 6.62. The van der Waals surface area contributed by atoms with Crippen LogP contribution in [0.2, 0.25) is 0 Å². The monoisotopic (exact) mass is 447 g/mol. The Hall–Kier alpha value is -2.13. The Bertz CT molecular complexity index is 995. The number of halogens is 1. The summed E-state index contributed by atoms with van der Waals surface area (Å²) in [5, 5.41) is 0. The van der Waals surface area contributed by atoms with Crippen LogP contribution >= 0.6 is 12.4 Å². The van der Waals surface area contributed by atoms with Crippen LogP contribution in [0.25, 0.3) is 22.3 Å². The topological polar surface area (TPSA) is 12.5 Å². The van der Waals surface area contributed by atoms with Crippen molar-refractivity contribution >= 4 is 12.4 Å². The predicted molar refractivity (Wildman–Crippen MR) is 136 cm³/mol. The van der Waals surface area contributed by atoms with E-state index in [1.165, 1.54) is 78.7 Å². The Morgan fingerprint density at radius 1 is 0.812 bits per heavy atom. The summed E-state index contributed by atoms with van der Waals surface area (Å²) in [5.74, 6) is 0.633. The normalized spacial score (nSPS) is 20.5. The van der Waals surface area contributed by atoms with Crippen molar-refractivity contribution in [2.24, 2.45) is 5.92 Å². The summed E-state index contributed by atoms with van der Waals surface area (Å²) < 4.78 is 6.04. The van der Waals surface area contributed by atoms with E-state index in [0.717, 1.165) is 6.42 Å². The first kappa shape index (κ1) is 23.0. The molecular formula is C29H34ClNO. The van der Waals surface area contributed by atoms with E-state index in [4.69, 9.17) is 4.74 Å². The molecule has 5 rings (SSSR count). The highest BCUT2D eigenvalue weighted by Crippen LogP contribution is 2.40. The van der Waals surface area contributed by atoms with E-state index in [1.807, 2.05) is 7.11 Å². The van der Waals surface area contributed by atoms with Crippen molar-refractivity contribution < 1.29 is 4.74 Å². The lowest BCUT2D eigenvalue weighted by atomic mass is 9.78. The van der Waals surface area contributed by atoms with Gasteiger partial charge in [-0.25, -0.2) is 0 Å². The molecule has 2 unspecified atom stereocenters. The van der Waals surface area contributed by atoms with Gasteiger partial charge in [0.2, 0.25) is 0 Å². The van der Waals surface area contributed by atoms with Gasteiger partial charge in [-0.1, -0.05) is 72.8 Å². The first-order chi connectivity index (χ1) is 15.3. The second kappa shape index (κ2) is 10.7. The predicted octanol–water partition coefficient (Wildman–Crippen LogP) is 7.18. The summed E-state index contributed by atoms with van der Waals surface area (Å²) in [6.45, 7) is 3.80. The molecule has 2 atom stereocenters. The average Bonchev–Trinajstić information content (AvgIpc) is 3.36. The Kier molecular flexibility index (Phi) is 7.67. The van der Waals surface area contributed by atoms with Gasteiger partial charge in [0.15, 0.2) is 0 Å². The number of nitrogens with zero attached hydrogens (tertiary/aromatic N) is 1. The van der Waals surface area contributed by atoms with Crippen molar-refractivity contribution in [3.8, 4) is 22.3 Å². The summed E-state index contributed by atoms with van der Waals surface area (Å²) in [6, 6.07) is 26.6. The van der Waals surface area contributed by atoms with E-state index in [0.29, 0.717) is 5.92 Å². The Labute approximate surface area is 199 Å². The standard InChI is InChI=1S/C29H33NO.ClH/c1-31-29-25(17-20-30-18-5-6-19-30)13-14-27-21-26(15-16-28(27)29)24-11-9-23(10-12-24)22-7-3-2-4-8-22;/h2-4,7-12,15-16,21,25,29H,5-6,13-14,17-20H2,1H3;1H. The number of likely N-dealkylation sites (tertiary alicyclic amines) is 1. The number of methoxy groups -OCH3 is 1. The molecule has 0 bridgehead atoms. The highest BCUT2D eigenvalue weighted by molar-refractivity contribution is 5.85. The fourth-order valence-electron chi connectivity index (χ4n) is 5.48. The SMILES string of the molecule is COC1c2ccc(-c3ccc(-c4ccccc4)cc3)cc2CCC1CCN1CCCC1.Cl. The van der Waals surface area contributed by atoms with Gasteiger partial charge in [0.25, 0.3) is 0 Å². The molecule has 32 heavy (non-hydrogen) atoms. The summed E-state index contributed by atoms with van der Waals surface area (Å²) in [7, 11) is 1.89. The highest BCUT2D eigenvalue weighted by Gasteiger charge is 2.30.